The zero-order chi connectivity index (χ0) is 17.6. The van der Waals surface area contributed by atoms with Gasteiger partial charge in [0.25, 0.3) is 0 Å². The molecule has 1 nitrogen and oxygen atoms in total. The van der Waals surface area contributed by atoms with Crippen molar-refractivity contribution in [2.45, 2.75) is 17.2 Å². The molecular weight excluding hydrogens is 334 g/mol. The Morgan fingerprint density at radius 1 is 0.654 bits per heavy atom. The molecular formula is C24H21NS. The second-order valence-corrected chi connectivity index (χ2v) is 7.35. The van der Waals surface area contributed by atoms with Crippen molar-refractivity contribution < 1.29 is 0 Å². The molecule has 0 aliphatic heterocycles. The Balaban J connectivity index is 1.62. The molecule has 0 radical (unpaired) electrons. The molecule has 3 aromatic carbocycles. The van der Waals surface area contributed by atoms with Gasteiger partial charge in [-0.3, -0.25) is 0 Å². The predicted octanol–water partition coefficient (Wildman–Crippen LogP) is 6.50. The molecule has 0 N–H and O–H groups in total. The lowest BCUT2D eigenvalue weighted by molar-refractivity contribution is 0.772. The summed E-state index contributed by atoms with van der Waals surface area (Å²) in [4.78, 5) is 1.31. The van der Waals surface area contributed by atoms with Gasteiger partial charge in [-0.2, -0.15) is 0 Å². The van der Waals surface area contributed by atoms with Gasteiger partial charge in [0.15, 0.2) is 0 Å². The molecule has 1 aromatic heterocycles. The van der Waals surface area contributed by atoms with Crippen LogP contribution in [0.4, 0.5) is 0 Å². The van der Waals surface area contributed by atoms with Crippen molar-refractivity contribution in [2.75, 3.05) is 0 Å². The number of aromatic nitrogens is 1. The Bertz CT molecular complexity index is 943. The lowest BCUT2D eigenvalue weighted by Crippen LogP contribution is -2.02. The number of nitrogens with zero attached hydrogens (tertiary/aromatic N) is 1. The van der Waals surface area contributed by atoms with E-state index in [4.69, 9.17) is 0 Å². The molecule has 0 amide bonds. The second kappa shape index (κ2) is 8.11. The maximum Gasteiger partial charge on any atom is 0.0473 e. The zero-order valence-electron chi connectivity index (χ0n) is 14.6. The lowest BCUT2D eigenvalue weighted by atomic mass is 10.1. The van der Waals surface area contributed by atoms with Gasteiger partial charge in [0.1, 0.15) is 0 Å². The van der Waals surface area contributed by atoms with E-state index in [-0.39, 0.29) is 0 Å². The molecule has 0 unspecified atom stereocenters. The monoisotopic (exact) mass is 355 g/mol. The zero-order valence-corrected chi connectivity index (χ0v) is 15.4. The van der Waals surface area contributed by atoms with Gasteiger partial charge in [-0.05, 0) is 34.9 Å². The van der Waals surface area contributed by atoms with Gasteiger partial charge >= 0.3 is 0 Å². The normalized spacial score (nSPS) is 10.8. The molecule has 4 aromatic rings. The maximum atomic E-state index is 2.38. The number of hydrogen-bond donors (Lipinski definition) is 0. The summed E-state index contributed by atoms with van der Waals surface area (Å²) in [7, 11) is 0. The predicted molar refractivity (Wildman–Crippen MR) is 111 cm³/mol. The van der Waals surface area contributed by atoms with Crippen molar-refractivity contribution in [3.63, 3.8) is 0 Å². The fourth-order valence-electron chi connectivity index (χ4n) is 3.06. The van der Waals surface area contributed by atoms with Crippen molar-refractivity contribution in [3.05, 3.63) is 115 Å². The van der Waals surface area contributed by atoms with Crippen LogP contribution in [-0.4, -0.2) is 4.57 Å². The van der Waals surface area contributed by atoms with E-state index in [9.17, 15) is 0 Å². The van der Waals surface area contributed by atoms with Crippen molar-refractivity contribution in [3.8, 4) is 11.1 Å². The molecule has 2 heteroatoms. The van der Waals surface area contributed by atoms with E-state index in [0.29, 0.717) is 0 Å². The highest BCUT2D eigenvalue weighted by molar-refractivity contribution is 7.98. The smallest absolute Gasteiger partial charge is 0.0473 e. The fourth-order valence-corrected chi connectivity index (χ4v) is 3.98. The first-order valence-corrected chi connectivity index (χ1v) is 9.83. The highest BCUT2D eigenvalue weighted by atomic mass is 32.2. The first-order valence-electron chi connectivity index (χ1n) is 8.85. The molecule has 0 bridgehead atoms. The molecule has 0 saturated carbocycles. The maximum absolute atomic E-state index is 2.38. The minimum Gasteiger partial charge on any atom is -0.346 e. The second-order valence-electron chi connectivity index (χ2n) is 6.30. The molecule has 128 valence electrons. The van der Waals surface area contributed by atoms with Crippen LogP contribution >= 0.6 is 11.8 Å². The molecule has 0 saturated heterocycles. The summed E-state index contributed by atoms with van der Waals surface area (Å²) in [6, 6.07) is 34.2. The Labute approximate surface area is 159 Å². The van der Waals surface area contributed by atoms with Gasteiger partial charge in [0.2, 0.25) is 0 Å². The van der Waals surface area contributed by atoms with E-state index in [2.05, 4.69) is 108 Å². The highest BCUT2D eigenvalue weighted by Gasteiger charge is 2.09. The van der Waals surface area contributed by atoms with Crippen LogP contribution in [0, 0.1) is 0 Å². The summed E-state index contributed by atoms with van der Waals surface area (Å²) >= 11 is 1.89. The number of thioether (sulfide) groups is 1. The van der Waals surface area contributed by atoms with Crippen LogP contribution in [-0.2, 0) is 12.3 Å². The first-order chi connectivity index (χ1) is 12.9. The third kappa shape index (κ3) is 4.09. The van der Waals surface area contributed by atoms with Gasteiger partial charge in [-0.25, -0.2) is 0 Å². The van der Waals surface area contributed by atoms with Crippen molar-refractivity contribution >= 4 is 11.8 Å². The summed E-state index contributed by atoms with van der Waals surface area (Å²) in [5, 5.41) is 0. The summed E-state index contributed by atoms with van der Waals surface area (Å²) in [5.41, 5.74) is 5.23. The van der Waals surface area contributed by atoms with Gasteiger partial charge in [0, 0.05) is 29.1 Å². The molecule has 26 heavy (non-hydrogen) atoms. The standard InChI is InChI=1S/C24H21NS/c1-4-10-20(11-5-1)17-25-18-22(21-12-6-2-7-13-21)16-23(25)19-26-24-14-8-3-9-15-24/h1-16,18H,17,19H2. The minimum atomic E-state index is 0.901. The third-order valence-electron chi connectivity index (χ3n) is 4.42. The summed E-state index contributed by atoms with van der Waals surface area (Å²) < 4.78 is 2.38. The first kappa shape index (κ1) is 16.7. The van der Waals surface area contributed by atoms with E-state index in [1.54, 1.807) is 0 Å². The van der Waals surface area contributed by atoms with E-state index >= 15 is 0 Å². The van der Waals surface area contributed by atoms with Gasteiger partial charge in [-0.1, -0.05) is 78.9 Å². The van der Waals surface area contributed by atoms with E-state index in [0.717, 1.165) is 12.3 Å². The van der Waals surface area contributed by atoms with Crippen molar-refractivity contribution in [1.29, 1.82) is 0 Å². The molecule has 1 heterocycles. The van der Waals surface area contributed by atoms with E-state index in [1.165, 1.54) is 27.3 Å². The Kier molecular flexibility index (Phi) is 5.22. The van der Waals surface area contributed by atoms with Gasteiger partial charge in [0.05, 0.1) is 0 Å². The summed E-state index contributed by atoms with van der Waals surface area (Å²) in [6.07, 6.45) is 2.28. The van der Waals surface area contributed by atoms with Crippen molar-refractivity contribution in [1.82, 2.24) is 4.57 Å². The largest absolute Gasteiger partial charge is 0.346 e. The topological polar surface area (TPSA) is 4.93 Å². The highest BCUT2D eigenvalue weighted by Crippen LogP contribution is 2.28. The van der Waals surface area contributed by atoms with Crippen LogP contribution in [0.5, 0.6) is 0 Å². The summed E-state index contributed by atoms with van der Waals surface area (Å²) in [5.74, 6) is 0.962. The molecule has 0 aliphatic rings. The Morgan fingerprint density at radius 3 is 1.96 bits per heavy atom. The third-order valence-corrected chi connectivity index (χ3v) is 5.46. The molecule has 0 aliphatic carbocycles. The van der Waals surface area contributed by atoms with Gasteiger partial charge < -0.3 is 4.57 Å². The number of hydrogen-bond acceptors (Lipinski definition) is 1. The Morgan fingerprint density at radius 2 is 1.27 bits per heavy atom. The van der Waals surface area contributed by atoms with Gasteiger partial charge in [-0.15, -0.1) is 11.8 Å². The molecule has 0 spiro atoms. The van der Waals surface area contributed by atoms with E-state index in [1.807, 2.05) is 11.8 Å². The van der Waals surface area contributed by atoms with Crippen LogP contribution in [0.1, 0.15) is 11.3 Å². The molecule has 4 rings (SSSR count). The lowest BCUT2D eigenvalue weighted by Gasteiger charge is -2.09. The van der Waals surface area contributed by atoms with Crippen molar-refractivity contribution in [2.24, 2.45) is 0 Å². The quantitative estimate of drug-likeness (QED) is 0.358. The number of benzene rings is 3. The fraction of sp³-hybridized carbons (Fsp3) is 0.0833. The van der Waals surface area contributed by atoms with Crippen LogP contribution in [0.25, 0.3) is 11.1 Å². The SMILES string of the molecule is c1ccc(Cn2cc(-c3ccccc3)cc2CSc2ccccc2)cc1. The van der Waals surface area contributed by atoms with E-state index < -0.39 is 0 Å². The van der Waals surface area contributed by atoms with Crippen LogP contribution in [0.3, 0.4) is 0 Å². The average molecular weight is 356 g/mol. The molecule has 0 fully saturated rings. The molecule has 0 atom stereocenters. The number of rotatable bonds is 6. The van der Waals surface area contributed by atoms with Crippen LogP contribution in [0.15, 0.2) is 108 Å². The average Bonchev–Trinajstić information content (AvgIpc) is 3.11. The minimum absolute atomic E-state index is 0.901. The summed E-state index contributed by atoms with van der Waals surface area (Å²) in [6.45, 7) is 0.901. The van der Waals surface area contributed by atoms with Crippen LogP contribution in [0.2, 0.25) is 0 Å². The van der Waals surface area contributed by atoms with Crippen LogP contribution < -0.4 is 0 Å². The Hall–Kier alpha value is -2.71.